The molecule has 1 fully saturated rings. The molecule has 1 N–H and O–H groups in total. The Morgan fingerprint density at radius 2 is 2.24 bits per heavy atom. The number of hydrogen-bond acceptors (Lipinski definition) is 6. The lowest BCUT2D eigenvalue weighted by molar-refractivity contribution is -0.122. The molecule has 0 saturated carbocycles. The Morgan fingerprint density at radius 1 is 1.44 bits per heavy atom. The first-order chi connectivity index (χ1) is 12.0. The van der Waals surface area contributed by atoms with Crippen LogP contribution in [-0.2, 0) is 11.3 Å². The summed E-state index contributed by atoms with van der Waals surface area (Å²) in [5, 5.41) is 11.2. The molecule has 0 bridgehead atoms. The molecule has 136 valence electrons. The van der Waals surface area contributed by atoms with Crippen LogP contribution in [0.2, 0.25) is 0 Å². The lowest BCUT2D eigenvalue weighted by Crippen LogP contribution is -2.47. The molecule has 3 rings (SSSR count). The molecule has 8 nitrogen and oxygen atoms in total. The van der Waals surface area contributed by atoms with E-state index in [0.29, 0.717) is 11.6 Å². The molecule has 0 unspecified atom stereocenters. The second-order valence-electron chi connectivity index (χ2n) is 6.66. The summed E-state index contributed by atoms with van der Waals surface area (Å²) in [6.45, 7) is 9.40. The van der Waals surface area contributed by atoms with Crippen molar-refractivity contribution in [2.45, 2.75) is 65.6 Å². The van der Waals surface area contributed by atoms with Gasteiger partial charge < -0.3 is 9.84 Å². The maximum atomic E-state index is 12.7. The van der Waals surface area contributed by atoms with Gasteiger partial charge in [-0.1, -0.05) is 12.1 Å². The fourth-order valence-electron chi connectivity index (χ4n) is 3.60. The average molecular weight is 346 g/mol. The summed E-state index contributed by atoms with van der Waals surface area (Å²) < 4.78 is 6.97. The molecule has 3 heterocycles. The van der Waals surface area contributed by atoms with Gasteiger partial charge in [-0.25, -0.2) is 9.67 Å². The van der Waals surface area contributed by atoms with E-state index >= 15 is 0 Å². The van der Waals surface area contributed by atoms with Crippen molar-refractivity contribution in [1.29, 1.82) is 0 Å². The Labute approximate surface area is 147 Å². The van der Waals surface area contributed by atoms with Gasteiger partial charge in [0, 0.05) is 12.1 Å². The van der Waals surface area contributed by atoms with E-state index in [0.717, 1.165) is 44.0 Å². The molecule has 1 aliphatic heterocycles. The van der Waals surface area contributed by atoms with E-state index < -0.39 is 0 Å². The van der Waals surface area contributed by atoms with Crippen molar-refractivity contribution in [3.8, 4) is 0 Å². The van der Waals surface area contributed by atoms with Crippen LogP contribution < -0.4 is 5.32 Å². The number of likely N-dealkylation sites (tertiary alicyclic amines) is 1. The Balaban J connectivity index is 1.70. The van der Waals surface area contributed by atoms with Crippen molar-refractivity contribution in [2.75, 3.05) is 11.9 Å². The molecule has 0 aliphatic carbocycles. The molecule has 2 atom stereocenters. The van der Waals surface area contributed by atoms with Crippen LogP contribution in [0.25, 0.3) is 0 Å². The van der Waals surface area contributed by atoms with Gasteiger partial charge in [-0.3, -0.25) is 9.69 Å². The zero-order chi connectivity index (χ0) is 18.0. The number of aryl methyl sites for hydroxylation is 3. The summed E-state index contributed by atoms with van der Waals surface area (Å²) in [7, 11) is 0. The monoisotopic (exact) mass is 346 g/mol. The van der Waals surface area contributed by atoms with Gasteiger partial charge in [-0.2, -0.15) is 5.10 Å². The minimum atomic E-state index is -0.186. The van der Waals surface area contributed by atoms with Gasteiger partial charge in [0.15, 0.2) is 5.82 Å². The topological polar surface area (TPSA) is 89.1 Å². The van der Waals surface area contributed by atoms with Crippen LogP contribution in [-0.4, -0.2) is 49.4 Å². The molecule has 25 heavy (non-hydrogen) atoms. The lowest BCUT2D eigenvalue weighted by Gasteiger charge is -2.31. The SMILES string of the molecule is CC[C@@H](C(=O)Nc1cc(C)on1)N1CCC[C@@H]1Cn1nc(C)nc1C. The summed E-state index contributed by atoms with van der Waals surface area (Å²) >= 11 is 0. The van der Waals surface area contributed by atoms with Crippen molar-refractivity contribution in [1.82, 2.24) is 24.8 Å². The number of rotatable bonds is 6. The summed E-state index contributed by atoms with van der Waals surface area (Å²) in [5.74, 6) is 2.82. The number of nitrogens with zero attached hydrogens (tertiary/aromatic N) is 5. The second-order valence-corrected chi connectivity index (χ2v) is 6.66. The number of amides is 1. The van der Waals surface area contributed by atoms with Gasteiger partial charge in [-0.05, 0) is 46.6 Å². The first kappa shape index (κ1) is 17.6. The molecular formula is C17H26N6O2. The molecule has 2 aromatic rings. The van der Waals surface area contributed by atoms with Gasteiger partial charge >= 0.3 is 0 Å². The van der Waals surface area contributed by atoms with E-state index in [1.54, 1.807) is 13.0 Å². The Kier molecular flexibility index (Phi) is 5.17. The average Bonchev–Trinajstić information content (AvgIpc) is 3.24. The van der Waals surface area contributed by atoms with Gasteiger partial charge in [0.1, 0.15) is 17.4 Å². The molecule has 8 heteroatoms. The minimum absolute atomic E-state index is 0.0332. The fraction of sp³-hybridized carbons (Fsp3) is 0.647. The maximum absolute atomic E-state index is 12.7. The molecule has 0 spiro atoms. The number of carbonyl (C=O) groups excluding carboxylic acids is 1. The predicted octanol–water partition coefficient (Wildman–Crippen LogP) is 2.07. The van der Waals surface area contributed by atoms with Crippen LogP contribution >= 0.6 is 0 Å². The molecule has 1 amide bonds. The molecule has 1 aliphatic rings. The summed E-state index contributed by atoms with van der Waals surface area (Å²) in [5.41, 5.74) is 0. The Morgan fingerprint density at radius 3 is 2.84 bits per heavy atom. The minimum Gasteiger partial charge on any atom is -0.360 e. The largest absolute Gasteiger partial charge is 0.360 e. The number of carbonyl (C=O) groups is 1. The Hall–Kier alpha value is -2.22. The standard InChI is InChI=1S/C17H26N6O2/c1-5-15(17(24)19-16-9-11(2)25-21-16)22-8-6-7-14(22)10-23-13(4)18-12(3)20-23/h9,14-15H,5-8,10H2,1-4H3,(H,19,21,24)/t14-,15+/m1/s1. The third-order valence-electron chi connectivity index (χ3n) is 4.74. The van der Waals surface area contributed by atoms with Crippen LogP contribution in [0.5, 0.6) is 0 Å². The van der Waals surface area contributed by atoms with Crippen molar-refractivity contribution >= 4 is 11.7 Å². The highest BCUT2D eigenvalue weighted by Gasteiger charge is 2.34. The highest BCUT2D eigenvalue weighted by Crippen LogP contribution is 2.24. The molecule has 1 saturated heterocycles. The van der Waals surface area contributed by atoms with Crippen LogP contribution in [0, 0.1) is 20.8 Å². The van der Waals surface area contributed by atoms with Crippen LogP contribution in [0.4, 0.5) is 5.82 Å². The zero-order valence-electron chi connectivity index (χ0n) is 15.3. The normalized spacial score (nSPS) is 19.3. The zero-order valence-corrected chi connectivity index (χ0v) is 15.3. The molecule has 0 aromatic carbocycles. The van der Waals surface area contributed by atoms with Gasteiger partial charge in [0.05, 0.1) is 12.6 Å². The highest BCUT2D eigenvalue weighted by atomic mass is 16.5. The van der Waals surface area contributed by atoms with Crippen molar-refractivity contribution in [2.24, 2.45) is 0 Å². The molecule has 0 radical (unpaired) electrons. The fourth-order valence-corrected chi connectivity index (χ4v) is 3.60. The van der Waals surface area contributed by atoms with E-state index in [-0.39, 0.29) is 18.0 Å². The van der Waals surface area contributed by atoms with Crippen molar-refractivity contribution < 1.29 is 9.32 Å². The first-order valence-electron chi connectivity index (χ1n) is 8.86. The van der Waals surface area contributed by atoms with E-state index in [2.05, 4.69) is 25.5 Å². The summed E-state index contributed by atoms with van der Waals surface area (Å²) in [6.07, 6.45) is 2.89. The van der Waals surface area contributed by atoms with Crippen molar-refractivity contribution in [3.63, 3.8) is 0 Å². The van der Waals surface area contributed by atoms with Crippen LogP contribution in [0.15, 0.2) is 10.6 Å². The lowest BCUT2D eigenvalue weighted by atomic mass is 10.1. The second kappa shape index (κ2) is 7.35. The summed E-state index contributed by atoms with van der Waals surface area (Å²) in [4.78, 5) is 19.4. The number of hydrogen-bond donors (Lipinski definition) is 1. The third kappa shape index (κ3) is 3.89. The molecular weight excluding hydrogens is 320 g/mol. The van der Waals surface area contributed by atoms with E-state index in [1.807, 2.05) is 25.5 Å². The third-order valence-corrected chi connectivity index (χ3v) is 4.74. The van der Waals surface area contributed by atoms with Gasteiger partial charge in [0.2, 0.25) is 5.91 Å². The van der Waals surface area contributed by atoms with Gasteiger partial charge in [0.25, 0.3) is 0 Å². The van der Waals surface area contributed by atoms with E-state index in [9.17, 15) is 4.79 Å². The maximum Gasteiger partial charge on any atom is 0.242 e. The van der Waals surface area contributed by atoms with Crippen molar-refractivity contribution in [3.05, 3.63) is 23.5 Å². The number of anilines is 1. The summed E-state index contributed by atoms with van der Waals surface area (Å²) in [6, 6.07) is 1.83. The highest BCUT2D eigenvalue weighted by molar-refractivity contribution is 5.94. The quantitative estimate of drug-likeness (QED) is 0.861. The number of aromatic nitrogens is 4. The Bertz CT molecular complexity index is 737. The van der Waals surface area contributed by atoms with Crippen LogP contribution in [0.1, 0.15) is 43.6 Å². The van der Waals surface area contributed by atoms with Gasteiger partial charge in [-0.15, -0.1) is 0 Å². The van der Waals surface area contributed by atoms with E-state index in [4.69, 9.17) is 4.52 Å². The predicted molar refractivity (Wildman–Crippen MR) is 93.2 cm³/mol. The van der Waals surface area contributed by atoms with Crippen LogP contribution in [0.3, 0.4) is 0 Å². The molecule has 2 aromatic heterocycles. The first-order valence-corrected chi connectivity index (χ1v) is 8.86. The van der Waals surface area contributed by atoms with E-state index in [1.165, 1.54) is 0 Å². The number of nitrogens with one attached hydrogen (secondary N) is 1. The smallest absolute Gasteiger partial charge is 0.242 e.